The molecule has 222 valence electrons. The summed E-state index contributed by atoms with van der Waals surface area (Å²) in [6, 6.07) is -5.17. The monoisotopic (exact) mass is 558 g/mol. The number of aliphatic imine (C=N–C) groups is 2. The smallest absolute Gasteiger partial charge is 0.326 e. The van der Waals surface area contributed by atoms with Crippen molar-refractivity contribution in [2.75, 3.05) is 13.1 Å². The summed E-state index contributed by atoms with van der Waals surface area (Å²) in [5, 5.41) is 25.8. The van der Waals surface area contributed by atoms with E-state index in [1.165, 1.54) is 0 Å². The maximum Gasteiger partial charge on any atom is 0.326 e. The minimum absolute atomic E-state index is 0.0333. The highest BCUT2D eigenvalue weighted by Gasteiger charge is 2.32. The first-order chi connectivity index (χ1) is 18.2. The zero-order valence-corrected chi connectivity index (χ0v) is 22.3. The first kappa shape index (κ1) is 34.9. The summed E-state index contributed by atoms with van der Waals surface area (Å²) in [6.07, 6.45) is 0.174. The van der Waals surface area contributed by atoms with Crippen molar-refractivity contribution in [3.63, 3.8) is 0 Å². The van der Waals surface area contributed by atoms with Crippen LogP contribution in [0.5, 0.6) is 0 Å². The molecule has 17 heteroatoms. The van der Waals surface area contributed by atoms with Gasteiger partial charge in [-0.1, -0.05) is 20.3 Å². The maximum atomic E-state index is 13.1. The number of carboxylic acids is 2. The second-order valence-corrected chi connectivity index (χ2v) is 8.93. The van der Waals surface area contributed by atoms with Crippen LogP contribution in [0.3, 0.4) is 0 Å². The fourth-order valence-corrected chi connectivity index (χ4v) is 3.24. The number of hydrogen-bond acceptors (Lipinski definition) is 8. The summed E-state index contributed by atoms with van der Waals surface area (Å²) < 4.78 is 0. The third-order valence-corrected chi connectivity index (χ3v) is 5.71. The standard InChI is InChI=1S/C22H42N10O7/c1-3-11(2)16(23)19(37)30-12(6-4-8-28-21(24)25)17(35)32-14(10-15(33)34)18(36)31-13(20(38)39)7-5-9-29-22(26)27/h11-14,16H,3-10,23H2,1-2H3,(H,30,37)(H,31,36)(H,32,35)(H,33,34)(H,38,39)(H4,24,25,28)(H4,26,27,29). The number of nitrogens with two attached hydrogens (primary N) is 5. The van der Waals surface area contributed by atoms with Crippen molar-refractivity contribution in [2.45, 2.75) is 76.5 Å². The Balaban J connectivity index is 5.65. The maximum absolute atomic E-state index is 13.1. The van der Waals surface area contributed by atoms with Crippen LogP contribution >= 0.6 is 0 Å². The lowest BCUT2D eigenvalue weighted by atomic mass is 9.98. The van der Waals surface area contributed by atoms with E-state index in [1.807, 2.05) is 6.92 Å². The molecule has 0 aliphatic rings. The Labute approximate surface area is 226 Å². The van der Waals surface area contributed by atoms with Gasteiger partial charge >= 0.3 is 11.9 Å². The Morgan fingerprint density at radius 2 is 1.18 bits per heavy atom. The molecule has 0 radical (unpaired) electrons. The van der Waals surface area contributed by atoms with Crippen molar-refractivity contribution < 1.29 is 34.2 Å². The van der Waals surface area contributed by atoms with E-state index >= 15 is 0 Å². The molecule has 39 heavy (non-hydrogen) atoms. The van der Waals surface area contributed by atoms with Crippen LogP contribution in [-0.4, -0.2) is 89.0 Å². The van der Waals surface area contributed by atoms with E-state index in [0.29, 0.717) is 6.42 Å². The van der Waals surface area contributed by atoms with Crippen molar-refractivity contribution in [1.29, 1.82) is 0 Å². The van der Waals surface area contributed by atoms with Gasteiger partial charge in [0.25, 0.3) is 0 Å². The average molecular weight is 559 g/mol. The molecule has 5 atom stereocenters. The van der Waals surface area contributed by atoms with E-state index in [9.17, 15) is 34.2 Å². The number of rotatable bonds is 19. The van der Waals surface area contributed by atoms with Crippen LogP contribution in [0, 0.1) is 5.92 Å². The SMILES string of the molecule is CCC(C)C(N)C(=O)NC(CCCN=C(N)N)C(=O)NC(CC(=O)O)C(=O)NC(CCCN=C(N)N)C(=O)O. The highest BCUT2D eigenvalue weighted by molar-refractivity contribution is 5.95. The van der Waals surface area contributed by atoms with Gasteiger partial charge in [-0.2, -0.15) is 0 Å². The second kappa shape index (κ2) is 18.2. The van der Waals surface area contributed by atoms with Gasteiger partial charge in [0.2, 0.25) is 17.7 Å². The van der Waals surface area contributed by atoms with Crippen molar-refractivity contribution in [3.8, 4) is 0 Å². The summed E-state index contributed by atoms with van der Waals surface area (Å²) >= 11 is 0. The van der Waals surface area contributed by atoms with Crippen LogP contribution < -0.4 is 44.6 Å². The molecule has 0 aliphatic carbocycles. The number of aliphatic carboxylic acids is 2. The molecule has 0 rings (SSSR count). The van der Waals surface area contributed by atoms with Gasteiger partial charge in [0.05, 0.1) is 12.5 Å². The highest BCUT2D eigenvalue weighted by Crippen LogP contribution is 2.08. The zero-order valence-electron chi connectivity index (χ0n) is 22.3. The van der Waals surface area contributed by atoms with Gasteiger partial charge in [0, 0.05) is 13.1 Å². The Hall–Kier alpha value is -4.15. The van der Waals surface area contributed by atoms with E-state index in [2.05, 4.69) is 25.9 Å². The lowest BCUT2D eigenvalue weighted by molar-refractivity contribution is -0.143. The third-order valence-electron chi connectivity index (χ3n) is 5.71. The number of carboxylic acid groups (broad SMARTS) is 2. The van der Waals surface area contributed by atoms with Crippen LogP contribution in [0.25, 0.3) is 0 Å². The first-order valence-corrected chi connectivity index (χ1v) is 12.4. The normalized spacial score (nSPS) is 14.4. The minimum atomic E-state index is -1.64. The molecule has 0 bridgehead atoms. The number of carbonyl (C=O) groups excluding carboxylic acids is 3. The van der Waals surface area contributed by atoms with Crippen LogP contribution in [0.15, 0.2) is 9.98 Å². The average Bonchev–Trinajstić information content (AvgIpc) is 2.84. The summed E-state index contributed by atoms with van der Waals surface area (Å²) in [4.78, 5) is 69.1. The predicted molar refractivity (Wildman–Crippen MR) is 143 cm³/mol. The van der Waals surface area contributed by atoms with Crippen molar-refractivity contribution in [2.24, 2.45) is 44.6 Å². The molecule has 5 unspecified atom stereocenters. The fraction of sp³-hybridized carbons (Fsp3) is 0.682. The van der Waals surface area contributed by atoms with Crippen molar-refractivity contribution in [3.05, 3.63) is 0 Å². The molecule has 0 aromatic rings. The summed E-state index contributed by atoms with van der Waals surface area (Å²) in [6.45, 7) is 3.86. The summed E-state index contributed by atoms with van der Waals surface area (Å²) in [7, 11) is 0. The minimum Gasteiger partial charge on any atom is -0.481 e. The van der Waals surface area contributed by atoms with Gasteiger partial charge in [0.15, 0.2) is 11.9 Å². The van der Waals surface area contributed by atoms with Crippen LogP contribution in [0.1, 0.15) is 52.4 Å². The Bertz CT molecular complexity index is 904. The largest absolute Gasteiger partial charge is 0.481 e. The first-order valence-electron chi connectivity index (χ1n) is 12.4. The molecule has 15 N–H and O–H groups in total. The number of carbonyl (C=O) groups is 5. The second-order valence-electron chi connectivity index (χ2n) is 8.93. The summed E-state index contributed by atoms with van der Waals surface area (Å²) in [5.41, 5.74) is 27.0. The fourth-order valence-electron chi connectivity index (χ4n) is 3.24. The van der Waals surface area contributed by atoms with Gasteiger partial charge in [-0.15, -0.1) is 0 Å². The van der Waals surface area contributed by atoms with Gasteiger partial charge in [-0.3, -0.25) is 29.2 Å². The van der Waals surface area contributed by atoms with Crippen molar-refractivity contribution >= 4 is 41.6 Å². The van der Waals surface area contributed by atoms with E-state index < -0.39 is 60.2 Å². The zero-order chi connectivity index (χ0) is 30.1. The number of amides is 3. The van der Waals surface area contributed by atoms with E-state index in [1.54, 1.807) is 6.92 Å². The molecule has 0 saturated carbocycles. The molecule has 17 nitrogen and oxygen atoms in total. The number of guanidine groups is 2. The van der Waals surface area contributed by atoms with E-state index in [-0.39, 0.29) is 56.6 Å². The summed E-state index contributed by atoms with van der Waals surface area (Å²) in [5.74, 6) is -5.87. The van der Waals surface area contributed by atoms with E-state index in [0.717, 1.165) is 0 Å². The number of hydrogen-bond donors (Lipinski definition) is 10. The van der Waals surface area contributed by atoms with Gasteiger partial charge in [-0.05, 0) is 31.6 Å². The molecule has 3 amide bonds. The molecular formula is C22H42N10O7. The van der Waals surface area contributed by atoms with Crippen molar-refractivity contribution in [1.82, 2.24) is 16.0 Å². The Kier molecular flexibility index (Phi) is 16.2. The highest BCUT2D eigenvalue weighted by atomic mass is 16.4. The molecule has 0 aliphatic heterocycles. The van der Waals surface area contributed by atoms with Crippen LogP contribution in [0.4, 0.5) is 0 Å². The number of nitrogens with one attached hydrogen (secondary N) is 3. The van der Waals surface area contributed by atoms with Gasteiger partial charge in [0.1, 0.15) is 18.1 Å². The molecule has 0 aromatic heterocycles. The molecule has 0 heterocycles. The lowest BCUT2D eigenvalue weighted by Gasteiger charge is -2.25. The molecule has 0 saturated heterocycles. The third kappa shape index (κ3) is 15.0. The van der Waals surface area contributed by atoms with Gasteiger partial charge in [-0.25, -0.2) is 4.79 Å². The van der Waals surface area contributed by atoms with Crippen LogP contribution in [-0.2, 0) is 24.0 Å². The molecule has 0 fully saturated rings. The quantitative estimate of drug-likeness (QED) is 0.0419. The lowest BCUT2D eigenvalue weighted by Crippen LogP contribution is -2.58. The molecule has 0 spiro atoms. The van der Waals surface area contributed by atoms with Crippen LogP contribution in [0.2, 0.25) is 0 Å². The number of nitrogens with zero attached hydrogens (tertiary/aromatic N) is 2. The van der Waals surface area contributed by atoms with E-state index in [4.69, 9.17) is 28.7 Å². The topological polar surface area (TPSA) is 317 Å². The predicted octanol–water partition coefficient (Wildman–Crippen LogP) is -3.52. The Morgan fingerprint density at radius 3 is 1.62 bits per heavy atom. The molecule has 0 aromatic carbocycles. The molecular weight excluding hydrogens is 516 g/mol. The Morgan fingerprint density at radius 1 is 0.744 bits per heavy atom. The van der Waals surface area contributed by atoms with Gasteiger partial charge < -0.3 is 54.8 Å².